The molecule has 2 aromatic rings. The van der Waals surface area contributed by atoms with Crippen LogP contribution in [0.4, 0.5) is 0 Å². The number of ether oxygens (including phenoxy) is 4. The molecule has 2 aromatic carbocycles. The monoisotopic (exact) mass is 386 g/mol. The van der Waals surface area contributed by atoms with Gasteiger partial charge in [0.15, 0.2) is 23.0 Å². The topological polar surface area (TPSA) is 77.4 Å². The minimum Gasteiger partial charge on any atom is -0.493 e. The Bertz CT molecular complexity index is 854. The van der Waals surface area contributed by atoms with Gasteiger partial charge < -0.3 is 29.2 Å². The number of methoxy groups -OCH3 is 4. The molecule has 0 bridgehead atoms. The van der Waals surface area contributed by atoms with E-state index in [2.05, 4.69) is 0 Å². The molecule has 0 unspecified atom stereocenters. The highest BCUT2D eigenvalue weighted by Crippen LogP contribution is 2.38. The molecule has 6 heteroatoms. The number of benzene rings is 2. The smallest absolute Gasteiger partial charge is 0.168 e. The lowest BCUT2D eigenvalue weighted by molar-refractivity contribution is 0.343. The zero-order valence-electron chi connectivity index (χ0n) is 16.6. The molecule has 28 heavy (non-hydrogen) atoms. The van der Waals surface area contributed by atoms with Crippen molar-refractivity contribution in [1.82, 2.24) is 0 Å². The SMILES string of the molecule is COc1ccc(/C=C(\CO)c2cc(/C=C/CO)cc(OC)c2OC)cc1OC. The Hall–Kier alpha value is -2.96. The van der Waals surface area contributed by atoms with E-state index in [0.717, 1.165) is 11.1 Å². The molecule has 6 nitrogen and oxygen atoms in total. The third kappa shape index (κ3) is 4.85. The largest absolute Gasteiger partial charge is 0.493 e. The molecule has 0 heterocycles. The maximum atomic E-state index is 10.0. The lowest BCUT2D eigenvalue weighted by Crippen LogP contribution is -2.00. The highest BCUT2D eigenvalue weighted by Gasteiger charge is 2.15. The molecule has 0 aliphatic rings. The lowest BCUT2D eigenvalue weighted by Gasteiger charge is -2.16. The van der Waals surface area contributed by atoms with Crippen LogP contribution in [-0.2, 0) is 0 Å². The van der Waals surface area contributed by atoms with Crippen LogP contribution in [0.15, 0.2) is 36.4 Å². The number of rotatable bonds is 9. The molecule has 2 rings (SSSR count). The quantitative estimate of drug-likeness (QED) is 0.644. The molecule has 0 aliphatic carbocycles. The Balaban J connectivity index is 2.61. The predicted octanol–water partition coefficient (Wildman–Crippen LogP) is 3.26. The Morgan fingerprint density at radius 2 is 1.50 bits per heavy atom. The number of hydrogen-bond acceptors (Lipinski definition) is 6. The van der Waals surface area contributed by atoms with Gasteiger partial charge in [-0.2, -0.15) is 0 Å². The molecule has 0 amide bonds. The second-order valence-corrected chi connectivity index (χ2v) is 5.83. The van der Waals surface area contributed by atoms with E-state index in [0.29, 0.717) is 34.1 Å². The molecule has 0 radical (unpaired) electrons. The first-order chi connectivity index (χ1) is 13.6. The average Bonchev–Trinajstić information content (AvgIpc) is 2.74. The Morgan fingerprint density at radius 3 is 2.07 bits per heavy atom. The van der Waals surface area contributed by atoms with E-state index in [-0.39, 0.29) is 13.2 Å². The Labute approximate surface area is 165 Å². The molecule has 0 spiro atoms. The molecule has 0 saturated heterocycles. The summed E-state index contributed by atoms with van der Waals surface area (Å²) in [6.07, 6.45) is 5.25. The van der Waals surface area contributed by atoms with Gasteiger partial charge >= 0.3 is 0 Å². The molecule has 0 fully saturated rings. The van der Waals surface area contributed by atoms with Crippen LogP contribution in [0.5, 0.6) is 23.0 Å². The fourth-order valence-electron chi connectivity index (χ4n) is 2.86. The van der Waals surface area contributed by atoms with E-state index in [4.69, 9.17) is 24.1 Å². The van der Waals surface area contributed by atoms with Crippen molar-refractivity contribution in [1.29, 1.82) is 0 Å². The van der Waals surface area contributed by atoms with Crippen molar-refractivity contribution in [3.63, 3.8) is 0 Å². The van der Waals surface area contributed by atoms with Crippen molar-refractivity contribution < 1.29 is 29.2 Å². The minimum atomic E-state index is -0.207. The summed E-state index contributed by atoms with van der Waals surface area (Å²) in [6, 6.07) is 9.18. The van der Waals surface area contributed by atoms with Crippen LogP contribution in [0.2, 0.25) is 0 Å². The van der Waals surface area contributed by atoms with E-state index < -0.39 is 0 Å². The van der Waals surface area contributed by atoms with Crippen LogP contribution >= 0.6 is 0 Å². The third-order valence-electron chi connectivity index (χ3n) is 4.18. The van der Waals surface area contributed by atoms with Crippen LogP contribution in [0, 0.1) is 0 Å². The summed E-state index contributed by atoms with van der Waals surface area (Å²) < 4.78 is 21.6. The van der Waals surface area contributed by atoms with Gasteiger partial charge in [-0.3, -0.25) is 0 Å². The zero-order valence-corrected chi connectivity index (χ0v) is 16.6. The van der Waals surface area contributed by atoms with E-state index >= 15 is 0 Å². The standard InChI is InChI=1S/C22H26O6/c1-25-19-8-7-16(12-20(19)26-2)10-17(14-24)18-11-15(6-5-9-23)13-21(27-3)22(18)28-4/h5-8,10-13,23-24H,9,14H2,1-4H3/b6-5+,17-10+. The first-order valence-corrected chi connectivity index (χ1v) is 8.69. The van der Waals surface area contributed by atoms with Gasteiger partial charge in [0.25, 0.3) is 0 Å². The van der Waals surface area contributed by atoms with Crippen LogP contribution in [0.25, 0.3) is 17.7 Å². The van der Waals surface area contributed by atoms with Crippen molar-refractivity contribution in [3.05, 3.63) is 53.1 Å². The fraction of sp³-hybridized carbons (Fsp3) is 0.273. The second kappa shape index (κ2) is 10.4. The summed E-state index contributed by atoms with van der Waals surface area (Å²) in [5, 5.41) is 19.1. The van der Waals surface area contributed by atoms with Gasteiger partial charge in [-0.05, 0) is 47.0 Å². The van der Waals surface area contributed by atoms with Crippen molar-refractivity contribution in [2.45, 2.75) is 0 Å². The highest BCUT2D eigenvalue weighted by atomic mass is 16.5. The maximum absolute atomic E-state index is 10.0. The molecule has 0 aromatic heterocycles. The van der Waals surface area contributed by atoms with E-state index in [9.17, 15) is 5.11 Å². The van der Waals surface area contributed by atoms with E-state index in [1.165, 1.54) is 0 Å². The zero-order chi connectivity index (χ0) is 20.5. The van der Waals surface area contributed by atoms with Gasteiger partial charge in [0, 0.05) is 5.56 Å². The first-order valence-electron chi connectivity index (χ1n) is 8.69. The van der Waals surface area contributed by atoms with E-state index in [1.54, 1.807) is 52.7 Å². The Morgan fingerprint density at radius 1 is 0.821 bits per heavy atom. The summed E-state index contributed by atoms with van der Waals surface area (Å²) in [4.78, 5) is 0. The van der Waals surface area contributed by atoms with Gasteiger partial charge in [0.2, 0.25) is 0 Å². The molecule has 0 atom stereocenters. The normalized spacial score (nSPS) is 11.6. The molecule has 0 aliphatic heterocycles. The van der Waals surface area contributed by atoms with Crippen LogP contribution in [0.1, 0.15) is 16.7 Å². The van der Waals surface area contributed by atoms with Gasteiger partial charge in [0.05, 0.1) is 41.7 Å². The van der Waals surface area contributed by atoms with Crippen LogP contribution in [0.3, 0.4) is 0 Å². The molecular weight excluding hydrogens is 360 g/mol. The summed E-state index contributed by atoms with van der Waals surface area (Å²) in [5.74, 6) is 2.27. The predicted molar refractivity (Wildman–Crippen MR) is 110 cm³/mol. The lowest BCUT2D eigenvalue weighted by atomic mass is 9.99. The highest BCUT2D eigenvalue weighted by molar-refractivity contribution is 5.87. The van der Waals surface area contributed by atoms with Crippen LogP contribution in [-0.4, -0.2) is 51.9 Å². The molecule has 2 N–H and O–H groups in total. The van der Waals surface area contributed by atoms with Crippen molar-refractivity contribution in [2.75, 3.05) is 41.7 Å². The molecule has 150 valence electrons. The van der Waals surface area contributed by atoms with Gasteiger partial charge in [0.1, 0.15) is 0 Å². The van der Waals surface area contributed by atoms with E-state index in [1.807, 2.05) is 24.3 Å². The first kappa shape index (κ1) is 21.3. The van der Waals surface area contributed by atoms with Crippen molar-refractivity contribution in [3.8, 4) is 23.0 Å². The van der Waals surface area contributed by atoms with Gasteiger partial charge in [-0.1, -0.05) is 18.2 Å². The van der Waals surface area contributed by atoms with Gasteiger partial charge in [-0.15, -0.1) is 0 Å². The van der Waals surface area contributed by atoms with Gasteiger partial charge in [-0.25, -0.2) is 0 Å². The fourth-order valence-corrected chi connectivity index (χ4v) is 2.86. The summed E-state index contributed by atoms with van der Waals surface area (Å²) in [7, 11) is 6.26. The average molecular weight is 386 g/mol. The van der Waals surface area contributed by atoms with Crippen molar-refractivity contribution in [2.24, 2.45) is 0 Å². The molecular formula is C22H26O6. The molecule has 0 saturated carbocycles. The number of hydrogen-bond donors (Lipinski definition) is 2. The van der Waals surface area contributed by atoms with Crippen molar-refractivity contribution >= 4 is 17.7 Å². The number of aliphatic hydroxyl groups excluding tert-OH is 2. The maximum Gasteiger partial charge on any atom is 0.168 e. The van der Waals surface area contributed by atoms with Crippen LogP contribution < -0.4 is 18.9 Å². The summed E-state index contributed by atoms with van der Waals surface area (Å²) >= 11 is 0. The Kier molecular flexibility index (Phi) is 7.92. The third-order valence-corrected chi connectivity index (χ3v) is 4.18. The minimum absolute atomic E-state index is 0.0714. The summed E-state index contributed by atoms with van der Waals surface area (Å²) in [5.41, 5.74) is 2.98. The summed E-state index contributed by atoms with van der Waals surface area (Å²) in [6.45, 7) is -0.279. The second-order valence-electron chi connectivity index (χ2n) is 5.83. The number of aliphatic hydroxyl groups is 2.